The van der Waals surface area contributed by atoms with Crippen LogP contribution in [0.3, 0.4) is 0 Å². The predicted molar refractivity (Wildman–Crippen MR) is 90.9 cm³/mol. The number of aldehydes is 2. The molecule has 0 aliphatic rings. The number of aryl methyl sites for hydroxylation is 2. The van der Waals surface area contributed by atoms with Gasteiger partial charge in [0.05, 0.1) is 0 Å². The maximum absolute atomic E-state index is 10.8. The van der Waals surface area contributed by atoms with Gasteiger partial charge in [-0.15, -0.1) is 0 Å². The van der Waals surface area contributed by atoms with Gasteiger partial charge in [-0.05, 0) is 36.8 Å². The molecule has 1 aromatic rings. The molecule has 0 atom stereocenters. The molecule has 1 aromatic carbocycles. The molecule has 122 valence electrons. The van der Waals surface area contributed by atoms with Crippen molar-refractivity contribution in [2.45, 2.75) is 70.3 Å². The van der Waals surface area contributed by atoms with E-state index in [1.54, 1.807) is 0 Å². The second-order valence-corrected chi connectivity index (χ2v) is 6.18. The Bertz CT molecular complexity index is 431. The van der Waals surface area contributed by atoms with Crippen LogP contribution in [0.15, 0.2) is 24.3 Å². The Hall–Kier alpha value is -1.48. The van der Waals surface area contributed by atoms with Crippen molar-refractivity contribution in [3.63, 3.8) is 0 Å². The highest BCUT2D eigenvalue weighted by Crippen LogP contribution is 2.13. The van der Waals surface area contributed by atoms with Gasteiger partial charge in [0.15, 0.2) is 0 Å². The van der Waals surface area contributed by atoms with Crippen molar-refractivity contribution < 1.29 is 9.59 Å². The summed E-state index contributed by atoms with van der Waals surface area (Å²) in [6, 6.07) is 8.42. The molecular formula is C19H29NO2. The highest BCUT2D eigenvalue weighted by molar-refractivity contribution is 5.88. The summed E-state index contributed by atoms with van der Waals surface area (Å²) in [6.45, 7) is 2.24. The zero-order chi connectivity index (χ0) is 16.3. The number of rotatable bonds is 12. The summed E-state index contributed by atoms with van der Waals surface area (Å²) in [6.07, 6.45) is 11.1. The number of carbonyl (C=O) groups excluding carboxylic acids is 2. The Kier molecular flexibility index (Phi) is 8.68. The minimum atomic E-state index is -1.34. The Balaban J connectivity index is 2.31. The van der Waals surface area contributed by atoms with Gasteiger partial charge in [0, 0.05) is 0 Å². The van der Waals surface area contributed by atoms with Crippen LogP contribution in [0.4, 0.5) is 0 Å². The van der Waals surface area contributed by atoms with E-state index in [4.69, 9.17) is 5.73 Å². The zero-order valence-electron chi connectivity index (χ0n) is 13.7. The number of carbonyl (C=O) groups is 2. The number of hydrogen-bond acceptors (Lipinski definition) is 3. The van der Waals surface area contributed by atoms with E-state index in [9.17, 15) is 9.59 Å². The van der Waals surface area contributed by atoms with Crippen LogP contribution in [0.25, 0.3) is 0 Å². The standard InChI is InChI=1S/C19H29NO2/c1-2-3-4-5-6-7-8-17-9-11-18(12-10-17)13-14-19(20,15-21)16-22/h9-12,15-16H,2-8,13-14,20H2,1H3. The van der Waals surface area contributed by atoms with Crippen LogP contribution >= 0.6 is 0 Å². The smallest absolute Gasteiger partial charge is 0.147 e. The molecule has 2 N–H and O–H groups in total. The summed E-state index contributed by atoms with van der Waals surface area (Å²) in [5, 5.41) is 0. The zero-order valence-corrected chi connectivity index (χ0v) is 13.7. The second-order valence-electron chi connectivity index (χ2n) is 6.18. The molecule has 3 heteroatoms. The molecular weight excluding hydrogens is 274 g/mol. The fraction of sp³-hybridized carbons (Fsp3) is 0.579. The van der Waals surface area contributed by atoms with Crippen molar-refractivity contribution in [1.82, 2.24) is 0 Å². The minimum absolute atomic E-state index is 0.358. The summed E-state index contributed by atoms with van der Waals surface area (Å²) in [7, 11) is 0. The summed E-state index contributed by atoms with van der Waals surface area (Å²) < 4.78 is 0. The van der Waals surface area contributed by atoms with E-state index in [2.05, 4.69) is 31.2 Å². The lowest BCUT2D eigenvalue weighted by molar-refractivity contribution is -0.121. The number of hydrogen-bond donors (Lipinski definition) is 1. The molecule has 0 radical (unpaired) electrons. The Morgan fingerprint density at radius 1 is 0.864 bits per heavy atom. The van der Waals surface area contributed by atoms with Gasteiger partial charge in [0.1, 0.15) is 18.1 Å². The van der Waals surface area contributed by atoms with Gasteiger partial charge in [-0.1, -0.05) is 63.3 Å². The molecule has 0 amide bonds. The van der Waals surface area contributed by atoms with Crippen molar-refractivity contribution in [3.05, 3.63) is 35.4 Å². The third-order valence-electron chi connectivity index (χ3n) is 4.13. The van der Waals surface area contributed by atoms with Gasteiger partial charge in [-0.2, -0.15) is 0 Å². The number of unbranched alkanes of at least 4 members (excludes halogenated alkanes) is 5. The van der Waals surface area contributed by atoms with Crippen LogP contribution in [0.2, 0.25) is 0 Å². The lowest BCUT2D eigenvalue weighted by Crippen LogP contribution is -2.43. The second kappa shape index (κ2) is 10.3. The van der Waals surface area contributed by atoms with E-state index in [0.717, 1.165) is 12.0 Å². The maximum Gasteiger partial charge on any atom is 0.147 e. The first-order chi connectivity index (χ1) is 10.6. The van der Waals surface area contributed by atoms with Gasteiger partial charge < -0.3 is 15.3 Å². The summed E-state index contributed by atoms with van der Waals surface area (Å²) in [5.41, 5.74) is 6.78. The summed E-state index contributed by atoms with van der Waals surface area (Å²) in [4.78, 5) is 21.6. The molecule has 0 spiro atoms. The van der Waals surface area contributed by atoms with E-state index in [0.29, 0.717) is 25.4 Å². The third kappa shape index (κ3) is 6.99. The highest BCUT2D eigenvalue weighted by Gasteiger charge is 2.22. The minimum Gasteiger partial charge on any atom is -0.313 e. The molecule has 0 fully saturated rings. The normalized spacial score (nSPS) is 11.4. The molecule has 1 rings (SSSR count). The monoisotopic (exact) mass is 303 g/mol. The summed E-state index contributed by atoms with van der Waals surface area (Å²) in [5.74, 6) is 0. The fourth-order valence-electron chi connectivity index (χ4n) is 2.49. The first-order valence-corrected chi connectivity index (χ1v) is 8.43. The van der Waals surface area contributed by atoms with Gasteiger partial charge in [-0.25, -0.2) is 0 Å². The van der Waals surface area contributed by atoms with E-state index in [-0.39, 0.29) is 0 Å². The van der Waals surface area contributed by atoms with Crippen molar-refractivity contribution in [2.24, 2.45) is 5.73 Å². The molecule has 0 bridgehead atoms. The van der Waals surface area contributed by atoms with Crippen molar-refractivity contribution >= 4 is 12.6 Å². The van der Waals surface area contributed by atoms with Crippen LogP contribution in [-0.2, 0) is 22.4 Å². The average molecular weight is 303 g/mol. The van der Waals surface area contributed by atoms with Crippen LogP contribution in [-0.4, -0.2) is 18.1 Å². The first-order valence-electron chi connectivity index (χ1n) is 8.43. The third-order valence-corrected chi connectivity index (χ3v) is 4.13. The largest absolute Gasteiger partial charge is 0.313 e. The maximum atomic E-state index is 10.8. The molecule has 0 saturated carbocycles. The van der Waals surface area contributed by atoms with Crippen LogP contribution in [0, 0.1) is 0 Å². The molecule has 22 heavy (non-hydrogen) atoms. The van der Waals surface area contributed by atoms with Crippen LogP contribution in [0.1, 0.15) is 63.0 Å². The van der Waals surface area contributed by atoms with Crippen molar-refractivity contribution in [3.8, 4) is 0 Å². The number of benzene rings is 1. The van der Waals surface area contributed by atoms with Gasteiger partial charge in [0.25, 0.3) is 0 Å². The number of nitrogens with two attached hydrogens (primary N) is 1. The Morgan fingerprint density at radius 2 is 1.36 bits per heavy atom. The molecule has 0 saturated heterocycles. The van der Waals surface area contributed by atoms with E-state index >= 15 is 0 Å². The van der Waals surface area contributed by atoms with Gasteiger partial charge in [-0.3, -0.25) is 0 Å². The van der Waals surface area contributed by atoms with Gasteiger partial charge in [0.2, 0.25) is 0 Å². The van der Waals surface area contributed by atoms with E-state index < -0.39 is 5.54 Å². The Morgan fingerprint density at radius 3 is 1.91 bits per heavy atom. The fourth-order valence-corrected chi connectivity index (χ4v) is 2.49. The van der Waals surface area contributed by atoms with Crippen LogP contribution in [0.5, 0.6) is 0 Å². The lowest BCUT2D eigenvalue weighted by atomic mass is 9.94. The summed E-state index contributed by atoms with van der Waals surface area (Å²) >= 11 is 0. The molecule has 0 unspecified atom stereocenters. The lowest BCUT2D eigenvalue weighted by Gasteiger charge is -2.14. The quantitative estimate of drug-likeness (QED) is 0.364. The average Bonchev–Trinajstić information content (AvgIpc) is 2.57. The Labute approximate surface area is 134 Å². The topological polar surface area (TPSA) is 60.2 Å². The molecule has 0 aromatic heterocycles. The van der Waals surface area contributed by atoms with E-state index in [1.807, 2.05) is 0 Å². The van der Waals surface area contributed by atoms with Crippen molar-refractivity contribution in [2.75, 3.05) is 0 Å². The highest BCUT2D eigenvalue weighted by atomic mass is 16.1. The van der Waals surface area contributed by atoms with Gasteiger partial charge >= 0.3 is 0 Å². The van der Waals surface area contributed by atoms with E-state index in [1.165, 1.54) is 44.1 Å². The SMILES string of the molecule is CCCCCCCCc1ccc(CCC(N)(C=O)C=O)cc1. The molecule has 0 aliphatic carbocycles. The predicted octanol–water partition coefficient (Wildman–Crippen LogP) is 3.62. The molecule has 0 heterocycles. The molecule has 0 aliphatic heterocycles. The first kappa shape index (κ1) is 18.6. The van der Waals surface area contributed by atoms with Crippen molar-refractivity contribution in [1.29, 1.82) is 0 Å². The molecule has 3 nitrogen and oxygen atoms in total. The van der Waals surface area contributed by atoms with Crippen LogP contribution < -0.4 is 5.73 Å².